The van der Waals surface area contributed by atoms with Crippen LogP contribution in [-0.4, -0.2) is 32.2 Å². The summed E-state index contributed by atoms with van der Waals surface area (Å²) in [6.07, 6.45) is 2.07. The van der Waals surface area contributed by atoms with E-state index in [2.05, 4.69) is 34.6 Å². The Morgan fingerprint density at radius 3 is 2.65 bits per heavy atom. The maximum absolute atomic E-state index is 12.0. The van der Waals surface area contributed by atoms with E-state index in [4.69, 9.17) is 0 Å². The normalized spacial score (nSPS) is 12.4. The van der Waals surface area contributed by atoms with Gasteiger partial charge in [0.25, 0.3) is 0 Å². The van der Waals surface area contributed by atoms with Crippen LogP contribution in [0.3, 0.4) is 0 Å². The molecule has 23 heavy (non-hydrogen) atoms. The van der Waals surface area contributed by atoms with Gasteiger partial charge < -0.3 is 5.32 Å². The summed E-state index contributed by atoms with van der Waals surface area (Å²) in [6, 6.07) is 8.01. The van der Waals surface area contributed by atoms with Crippen molar-refractivity contribution < 1.29 is 4.79 Å². The van der Waals surface area contributed by atoms with Gasteiger partial charge in [-0.1, -0.05) is 38.1 Å². The first-order valence-corrected chi connectivity index (χ1v) is 8.09. The molecule has 6 heteroatoms. The first kappa shape index (κ1) is 17.1. The molecule has 1 N–H and O–H groups in total. The fourth-order valence-electron chi connectivity index (χ4n) is 2.35. The highest BCUT2D eigenvalue weighted by Crippen LogP contribution is 2.17. The smallest absolute Gasteiger partial charge is 0.243 e. The lowest BCUT2D eigenvalue weighted by Gasteiger charge is -2.14. The van der Waals surface area contributed by atoms with E-state index in [1.807, 2.05) is 38.1 Å². The van der Waals surface area contributed by atoms with Crippen LogP contribution >= 0.6 is 0 Å². The summed E-state index contributed by atoms with van der Waals surface area (Å²) in [4.78, 5) is 13.4. The third-order valence-electron chi connectivity index (χ3n) is 3.71. The molecule has 0 aliphatic rings. The van der Waals surface area contributed by atoms with Crippen molar-refractivity contribution in [1.82, 2.24) is 25.5 Å². The fourth-order valence-corrected chi connectivity index (χ4v) is 2.35. The number of rotatable bonds is 7. The second-order valence-electron chi connectivity index (χ2n) is 6.40. The molecule has 0 saturated heterocycles. The van der Waals surface area contributed by atoms with Crippen LogP contribution in [-0.2, 0) is 11.3 Å². The highest BCUT2D eigenvalue weighted by atomic mass is 16.2. The highest BCUT2D eigenvalue weighted by molar-refractivity contribution is 5.75. The molecule has 0 spiro atoms. The van der Waals surface area contributed by atoms with Crippen LogP contribution in [0.25, 0.3) is 11.4 Å². The maximum atomic E-state index is 12.0. The minimum Gasteiger partial charge on any atom is -0.352 e. The van der Waals surface area contributed by atoms with Crippen LogP contribution in [0.15, 0.2) is 24.3 Å². The molecule has 1 heterocycles. The number of carbonyl (C=O) groups is 1. The van der Waals surface area contributed by atoms with Gasteiger partial charge in [0.15, 0.2) is 0 Å². The number of nitrogens with zero attached hydrogens (tertiary/aromatic N) is 4. The molecular formula is C17H25N5O. The van der Waals surface area contributed by atoms with Crippen molar-refractivity contribution >= 4 is 5.91 Å². The quantitative estimate of drug-likeness (QED) is 0.852. The van der Waals surface area contributed by atoms with Gasteiger partial charge in [0.05, 0.1) is 0 Å². The Morgan fingerprint density at radius 2 is 1.96 bits per heavy atom. The summed E-state index contributed by atoms with van der Waals surface area (Å²) in [5, 5.41) is 15.3. The lowest BCUT2D eigenvalue weighted by Crippen LogP contribution is -2.35. The van der Waals surface area contributed by atoms with E-state index in [1.165, 1.54) is 4.80 Å². The molecule has 0 aliphatic carbocycles. The van der Waals surface area contributed by atoms with Crippen LogP contribution < -0.4 is 5.32 Å². The van der Waals surface area contributed by atoms with Gasteiger partial charge in [-0.25, -0.2) is 0 Å². The fraction of sp³-hybridized carbons (Fsp3) is 0.529. The molecule has 1 atom stereocenters. The Hall–Kier alpha value is -2.24. The van der Waals surface area contributed by atoms with Crippen LogP contribution in [0, 0.1) is 12.8 Å². The molecule has 0 aliphatic heterocycles. The molecule has 2 rings (SSSR count). The third-order valence-corrected chi connectivity index (χ3v) is 3.71. The Labute approximate surface area is 137 Å². The lowest BCUT2D eigenvalue weighted by molar-refractivity contribution is -0.122. The third kappa shape index (κ3) is 5.16. The van der Waals surface area contributed by atoms with Crippen molar-refractivity contribution in [1.29, 1.82) is 0 Å². The number of tetrazole rings is 1. The minimum absolute atomic E-state index is 0.0880. The number of nitrogens with one attached hydrogen (secondary N) is 1. The molecule has 2 aromatic rings. The molecule has 124 valence electrons. The zero-order valence-corrected chi connectivity index (χ0v) is 14.3. The van der Waals surface area contributed by atoms with E-state index in [-0.39, 0.29) is 18.5 Å². The number of aromatic nitrogens is 4. The number of hydrogen-bond acceptors (Lipinski definition) is 4. The van der Waals surface area contributed by atoms with Crippen molar-refractivity contribution in [2.24, 2.45) is 5.92 Å². The van der Waals surface area contributed by atoms with Gasteiger partial charge in [0.1, 0.15) is 6.54 Å². The number of carbonyl (C=O) groups excluding carboxylic acids is 1. The van der Waals surface area contributed by atoms with E-state index in [1.54, 1.807) is 0 Å². The SMILES string of the molecule is Cc1ccccc1-c1nnn(CC(=O)NC(C)CCC(C)C)n1. The summed E-state index contributed by atoms with van der Waals surface area (Å²) in [7, 11) is 0. The minimum atomic E-state index is -0.0880. The first-order chi connectivity index (χ1) is 11.0. The van der Waals surface area contributed by atoms with Crippen LogP contribution in [0.4, 0.5) is 0 Å². The topological polar surface area (TPSA) is 72.7 Å². The Balaban J connectivity index is 1.91. The van der Waals surface area contributed by atoms with Crippen molar-refractivity contribution in [3.05, 3.63) is 29.8 Å². The molecule has 0 fully saturated rings. The maximum Gasteiger partial charge on any atom is 0.243 e. The molecule has 0 bridgehead atoms. The standard InChI is InChI=1S/C17H25N5O/c1-12(2)9-10-14(4)18-16(23)11-22-20-17(19-21-22)15-8-6-5-7-13(15)3/h5-8,12,14H,9-11H2,1-4H3,(H,18,23). The Bertz CT molecular complexity index is 650. The van der Waals surface area contributed by atoms with E-state index in [9.17, 15) is 4.79 Å². The van der Waals surface area contributed by atoms with Gasteiger partial charge in [-0.05, 0) is 43.4 Å². The van der Waals surface area contributed by atoms with E-state index in [0.29, 0.717) is 11.7 Å². The predicted molar refractivity (Wildman–Crippen MR) is 89.7 cm³/mol. The van der Waals surface area contributed by atoms with Gasteiger partial charge in [0, 0.05) is 11.6 Å². The number of amides is 1. The van der Waals surface area contributed by atoms with Crippen LogP contribution in [0.5, 0.6) is 0 Å². The predicted octanol–water partition coefficient (Wildman–Crippen LogP) is 2.59. The number of benzene rings is 1. The van der Waals surface area contributed by atoms with Crippen molar-refractivity contribution in [2.75, 3.05) is 0 Å². The van der Waals surface area contributed by atoms with Gasteiger partial charge in [-0.15, -0.1) is 10.2 Å². The average molecular weight is 315 g/mol. The molecule has 1 aromatic carbocycles. The van der Waals surface area contributed by atoms with Crippen LogP contribution in [0.1, 0.15) is 39.2 Å². The van der Waals surface area contributed by atoms with Gasteiger partial charge in [-0.2, -0.15) is 4.80 Å². The second kappa shape index (κ2) is 7.85. The summed E-state index contributed by atoms with van der Waals surface area (Å²) in [5.74, 6) is 1.10. The van der Waals surface area contributed by atoms with E-state index in [0.717, 1.165) is 24.0 Å². The number of hydrogen-bond donors (Lipinski definition) is 1. The van der Waals surface area contributed by atoms with Gasteiger partial charge in [0.2, 0.25) is 11.7 Å². The summed E-state index contributed by atoms with van der Waals surface area (Å²) >= 11 is 0. The van der Waals surface area contributed by atoms with E-state index >= 15 is 0 Å². The van der Waals surface area contributed by atoms with Crippen LogP contribution in [0.2, 0.25) is 0 Å². The monoisotopic (exact) mass is 315 g/mol. The molecule has 6 nitrogen and oxygen atoms in total. The Kier molecular flexibility index (Phi) is 5.84. The molecule has 1 amide bonds. The molecular weight excluding hydrogens is 290 g/mol. The summed E-state index contributed by atoms with van der Waals surface area (Å²) in [5.41, 5.74) is 2.02. The van der Waals surface area contributed by atoms with Gasteiger partial charge >= 0.3 is 0 Å². The largest absolute Gasteiger partial charge is 0.352 e. The highest BCUT2D eigenvalue weighted by Gasteiger charge is 2.12. The number of aryl methyl sites for hydroxylation is 1. The first-order valence-electron chi connectivity index (χ1n) is 8.09. The second-order valence-corrected chi connectivity index (χ2v) is 6.40. The van der Waals surface area contributed by atoms with Crippen molar-refractivity contribution in [2.45, 2.75) is 53.1 Å². The Morgan fingerprint density at radius 1 is 1.22 bits per heavy atom. The molecule has 1 aromatic heterocycles. The average Bonchev–Trinajstić information content (AvgIpc) is 2.93. The van der Waals surface area contributed by atoms with Crippen molar-refractivity contribution in [3.63, 3.8) is 0 Å². The lowest BCUT2D eigenvalue weighted by atomic mass is 10.0. The molecule has 0 saturated carbocycles. The molecule has 0 radical (unpaired) electrons. The zero-order chi connectivity index (χ0) is 16.8. The summed E-state index contributed by atoms with van der Waals surface area (Å²) in [6.45, 7) is 8.47. The zero-order valence-electron chi connectivity index (χ0n) is 14.3. The molecule has 1 unspecified atom stereocenters. The summed E-state index contributed by atoms with van der Waals surface area (Å²) < 4.78 is 0. The van der Waals surface area contributed by atoms with Gasteiger partial charge in [-0.3, -0.25) is 4.79 Å². The van der Waals surface area contributed by atoms with E-state index < -0.39 is 0 Å². The van der Waals surface area contributed by atoms with Crippen molar-refractivity contribution in [3.8, 4) is 11.4 Å².